The van der Waals surface area contributed by atoms with Crippen molar-refractivity contribution in [3.05, 3.63) is 42.5 Å². The summed E-state index contributed by atoms with van der Waals surface area (Å²) in [6.45, 7) is 3.98. The Labute approximate surface area is 197 Å². The largest absolute Gasteiger partial charge is 0.497 e. The van der Waals surface area contributed by atoms with Crippen molar-refractivity contribution in [3.63, 3.8) is 0 Å². The fourth-order valence-corrected chi connectivity index (χ4v) is 5.85. The van der Waals surface area contributed by atoms with Gasteiger partial charge in [-0.25, -0.2) is 13.4 Å². The molecule has 2 heterocycles. The van der Waals surface area contributed by atoms with Crippen LogP contribution in [-0.4, -0.2) is 75.0 Å². The van der Waals surface area contributed by atoms with E-state index in [9.17, 15) is 13.2 Å². The van der Waals surface area contributed by atoms with Crippen LogP contribution in [0, 0.1) is 0 Å². The fraction of sp³-hybridized carbons (Fsp3) is 0.364. The van der Waals surface area contributed by atoms with Crippen molar-refractivity contribution < 1.29 is 22.7 Å². The summed E-state index contributed by atoms with van der Waals surface area (Å²) >= 11 is 1.23. The number of methoxy groups -OCH3 is 1. The fourth-order valence-electron chi connectivity index (χ4n) is 3.42. The van der Waals surface area contributed by atoms with Gasteiger partial charge in [-0.2, -0.15) is 4.31 Å². The number of amides is 1. The van der Waals surface area contributed by atoms with Gasteiger partial charge in [0.2, 0.25) is 10.0 Å². The lowest BCUT2D eigenvalue weighted by atomic mass is 10.3. The molecule has 0 radical (unpaired) electrons. The van der Waals surface area contributed by atoms with Crippen LogP contribution in [0.25, 0.3) is 10.2 Å². The van der Waals surface area contributed by atoms with E-state index in [1.807, 2.05) is 7.05 Å². The van der Waals surface area contributed by atoms with Gasteiger partial charge < -0.3 is 14.4 Å². The van der Waals surface area contributed by atoms with Crippen LogP contribution in [0.5, 0.6) is 11.5 Å². The van der Waals surface area contributed by atoms with Crippen molar-refractivity contribution in [1.29, 1.82) is 0 Å². The molecule has 0 bridgehead atoms. The molecule has 1 aliphatic heterocycles. The molecule has 1 unspecified atom stereocenters. The second kappa shape index (κ2) is 9.64. The number of thiazole rings is 1. The van der Waals surface area contributed by atoms with Crippen LogP contribution >= 0.6 is 11.3 Å². The van der Waals surface area contributed by atoms with Gasteiger partial charge in [-0.1, -0.05) is 11.3 Å². The van der Waals surface area contributed by atoms with E-state index in [1.165, 1.54) is 15.6 Å². The summed E-state index contributed by atoms with van der Waals surface area (Å²) in [6.07, 6.45) is -0.751. The average molecular weight is 491 g/mol. The summed E-state index contributed by atoms with van der Waals surface area (Å²) in [5, 5.41) is 3.14. The molecule has 1 amide bonds. The van der Waals surface area contributed by atoms with Gasteiger partial charge in [0.05, 0.1) is 22.2 Å². The number of aromatic nitrogens is 1. The predicted octanol–water partition coefficient (Wildman–Crippen LogP) is 2.65. The van der Waals surface area contributed by atoms with Crippen LogP contribution in [0.3, 0.4) is 0 Å². The van der Waals surface area contributed by atoms with Gasteiger partial charge in [0, 0.05) is 26.2 Å². The molecule has 3 aromatic rings. The number of nitrogens with zero attached hydrogens (tertiary/aromatic N) is 3. The molecular formula is C22H26N4O5S2. The number of nitrogens with one attached hydrogen (secondary N) is 1. The number of hydrogen-bond donors (Lipinski definition) is 1. The number of carbonyl (C=O) groups is 1. The van der Waals surface area contributed by atoms with E-state index in [4.69, 9.17) is 9.47 Å². The maximum Gasteiger partial charge on any atom is 0.266 e. The van der Waals surface area contributed by atoms with Crippen molar-refractivity contribution >= 4 is 42.6 Å². The normalized spacial score (nSPS) is 16.5. The van der Waals surface area contributed by atoms with Gasteiger partial charge in [-0.3, -0.25) is 10.1 Å². The van der Waals surface area contributed by atoms with E-state index in [0.717, 1.165) is 0 Å². The second-order valence-corrected chi connectivity index (χ2v) is 10.7. The smallest absolute Gasteiger partial charge is 0.266 e. The standard InChI is InChI=1S/C22H26N4O5S2/c1-15(31-17-6-4-16(30-3)5-7-17)21(27)24-22-23-19-9-8-18(14-20(19)32-22)33(28,29)26-12-10-25(2)11-13-26/h4-9,14-15H,10-13H2,1-3H3,(H,23,24,27). The Bertz CT molecular complexity index is 1240. The number of likely N-dealkylation sites (N-methyl/N-ethyl adjacent to an activating group) is 1. The number of hydrogen-bond acceptors (Lipinski definition) is 8. The van der Waals surface area contributed by atoms with Gasteiger partial charge in [-0.05, 0) is 56.4 Å². The third-order valence-corrected chi connectivity index (χ3v) is 8.26. The minimum atomic E-state index is -3.57. The Morgan fingerprint density at radius 3 is 2.42 bits per heavy atom. The number of benzene rings is 2. The Hall–Kier alpha value is -2.73. The molecule has 1 fully saturated rings. The van der Waals surface area contributed by atoms with Crippen molar-refractivity contribution in [2.45, 2.75) is 17.9 Å². The quantitative estimate of drug-likeness (QED) is 0.543. The Balaban J connectivity index is 1.45. The molecule has 0 saturated carbocycles. The number of anilines is 1. The van der Waals surface area contributed by atoms with Gasteiger partial charge in [0.15, 0.2) is 11.2 Å². The summed E-state index contributed by atoms with van der Waals surface area (Å²) in [7, 11) is -0.0182. The topological polar surface area (TPSA) is 101 Å². The van der Waals surface area contributed by atoms with Gasteiger partial charge in [0.1, 0.15) is 11.5 Å². The van der Waals surface area contributed by atoms with Crippen LogP contribution in [0.4, 0.5) is 5.13 Å². The molecular weight excluding hydrogens is 464 g/mol. The molecule has 1 atom stereocenters. The number of rotatable bonds is 7. The molecule has 33 heavy (non-hydrogen) atoms. The molecule has 0 aliphatic carbocycles. The maximum absolute atomic E-state index is 13.0. The summed E-state index contributed by atoms with van der Waals surface area (Å²) in [5.41, 5.74) is 0.622. The second-order valence-electron chi connectivity index (χ2n) is 7.78. The van der Waals surface area contributed by atoms with Gasteiger partial charge in [0.25, 0.3) is 5.91 Å². The number of carbonyl (C=O) groups excluding carboxylic acids is 1. The van der Waals surface area contributed by atoms with Gasteiger partial charge >= 0.3 is 0 Å². The monoisotopic (exact) mass is 490 g/mol. The molecule has 1 saturated heterocycles. The van der Waals surface area contributed by atoms with E-state index >= 15 is 0 Å². The first-order valence-corrected chi connectivity index (χ1v) is 12.7. The lowest BCUT2D eigenvalue weighted by Crippen LogP contribution is -2.46. The van der Waals surface area contributed by atoms with Crippen LogP contribution < -0.4 is 14.8 Å². The molecule has 2 aromatic carbocycles. The molecule has 1 aromatic heterocycles. The highest BCUT2D eigenvalue weighted by Gasteiger charge is 2.28. The Morgan fingerprint density at radius 1 is 1.09 bits per heavy atom. The van der Waals surface area contributed by atoms with Crippen molar-refractivity contribution in [3.8, 4) is 11.5 Å². The van der Waals surface area contributed by atoms with Gasteiger partial charge in [-0.15, -0.1) is 0 Å². The zero-order valence-corrected chi connectivity index (χ0v) is 20.3. The third kappa shape index (κ3) is 5.27. The lowest BCUT2D eigenvalue weighted by Gasteiger charge is -2.31. The van der Waals surface area contributed by atoms with Crippen LogP contribution in [0.1, 0.15) is 6.92 Å². The highest BCUT2D eigenvalue weighted by atomic mass is 32.2. The van der Waals surface area contributed by atoms with E-state index in [1.54, 1.807) is 56.5 Å². The Morgan fingerprint density at radius 2 is 1.76 bits per heavy atom. The zero-order chi connectivity index (χ0) is 23.6. The van der Waals surface area contributed by atoms with E-state index < -0.39 is 16.1 Å². The van der Waals surface area contributed by atoms with Crippen LogP contribution in [-0.2, 0) is 14.8 Å². The molecule has 176 valence electrons. The molecule has 1 N–H and O–H groups in total. The molecule has 4 rings (SSSR count). The summed E-state index contributed by atoms with van der Waals surface area (Å²) < 4.78 is 39.0. The molecule has 11 heteroatoms. The molecule has 1 aliphatic rings. The van der Waals surface area contributed by atoms with Crippen molar-refractivity contribution in [2.75, 3.05) is 45.7 Å². The Kier molecular flexibility index (Phi) is 6.84. The first-order chi connectivity index (χ1) is 15.8. The number of ether oxygens (including phenoxy) is 2. The molecule has 0 spiro atoms. The zero-order valence-electron chi connectivity index (χ0n) is 18.6. The minimum absolute atomic E-state index is 0.234. The third-order valence-electron chi connectivity index (χ3n) is 5.43. The summed E-state index contributed by atoms with van der Waals surface area (Å²) in [5.74, 6) is 0.889. The maximum atomic E-state index is 13.0. The van der Waals surface area contributed by atoms with E-state index in [-0.39, 0.29) is 10.8 Å². The predicted molar refractivity (Wildman–Crippen MR) is 128 cm³/mol. The van der Waals surface area contributed by atoms with Crippen LogP contribution in [0.15, 0.2) is 47.4 Å². The molecule has 9 nitrogen and oxygen atoms in total. The van der Waals surface area contributed by atoms with Crippen molar-refractivity contribution in [1.82, 2.24) is 14.2 Å². The number of fused-ring (bicyclic) bond motifs is 1. The first-order valence-electron chi connectivity index (χ1n) is 10.5. The van der Waals surface area contributed by atoms with E-state index in [0.29, 0.717) is 53.0 Å². The SMILES string of the molecule is COc1ccc(OC(C)C(=O)Nc2nc3ccc(S(=O)(=O)N4CCN(C)CC4)cc3s2)cc1. The van der Waals surface area contributed by atoms with Crippen LogP contribution in [0.2, 0.25) is 0 Å². The number of sulfonamides is 1. The average Bonchev–Trinajstić information content (AvgIpc) is 3.21. The summed E-state index contributed by atoms with van der Waals surface area (Å²) in [4.78, 5) is 19.3. The highest BCUT2D eigenvalue weighted by Crippen LogP contribution is 2.30. The lowest BCUT2D eigenvalue weighted by molar-refractivity contribution is -0.122. The summed E-state index contributed by atoms with van der Waals surface area (Å²) in [6, 6.07) is 11.8. The van der Waals surface area contributed by atoms with Crippen molar-refractivity contribution in [2.24, 2.45) is 0 Å². The highest BCUT2D eigenvalue weighted by molar-refractivity contribution is 7.89. The first kappa shape index (κ1) is 23.4. The number of piperazine rings is 1. The minimum Gasteiger partial charge on any atom is -0.497 e. The van der Waals surface area contributed by atoms with E-state index in [2.05, 4.69) is 15.2 Å².